The van der Waals surface area contributed by atoms with Crippen LogP contribution in [-0.2, 0) is 14.3 Å². The van der Waals surface area contributed by atoms with Gasteiger partial charge in [0.2, 0.25) is 5.91 Å². The van der Waals surface area contributed by atoms with E-state index in [4.69, 9.17) is 9.47 Å². The number of ether oxygens (including phenoxy) is 3. The monoisotopic (exact) mass is 372 g/mol. The van der Waals surface area contributed by atoms with Gasteiger partial charge in [0.15, 0.2) is 0 Å². The van der Waals surface area contributed by atoms with Crippen LogP contribution in [0.25, 0.3) is 0 Å². The lowest BCUT2D eigenvalue weighted by molar-refractivity contribution is -0.114. The van der Waals surface area contributed by atoms with Gasteiger partial charge in [-0.15, -0.1) is 0 Å². The molecular weight excluding hydrogens is 352 g/mol. The third kappa shape index (κ3) is 4.97. The number of hydrogen-bond acceptors (Lipinski definition) is 7. The molecule has 2 aromatic rings. The molecule has 0 bridgehead atoms. The van der Waals surface area contributed by atoms with Gasteiger partial charge in [0.1, 0.15) is 5.75 Å². The van der Waals surface area contributed by atoms with Crippen molar-refractivity contribution in [3.8, 4) is 5.75 Å². The fourth-order valence-electron chi connectivity index (χ4n) is 2.34. The Kier molecular flexibility index (Phi) is 6.76. The quantitative estimate of drug-likeness (QED) is 0.719. The smallest absolute Gasteiger partial charge is 0.339 e. The molecule has 0 radical (unpaired) electrons. The third-order valence-corrected chi connectivity index (χ3v) is 3.67. The number of rotatable bonds is 7. The van der Waals surface area contributed by atoms with Crippen molar-refractivity contribution in [3.05, 3.63) is 53.6 Å². The Balaban J connectivity index is 2.17. The summed E-state index contributed by atoms with van der Waals surface area (Å²) in [5.74, 6) is -1.06. The molecule has 0 aliphatic rings. The average molecular weight is 372 g/mol. The number of carbonyl (C=O) groups excluding carboxylic acids is 3. The van der Waals surface area contributed by atoms with Crippen molar-refractivity contribution in [2.24, 2.45) is 0 Å². The Labute approximate surface area is 156 Å². The van der Waals surface area contributed by atoms with E-state index in [0.717, 1.165) is 0 Å². The van der Waals surface area contributed by atoms with Crippen LogP contribution < -0.4 is 15.4 Å². The lowest BCUT2D eigenvalue weighted by Gasteiger charge is -2.13. The van der Waals surface area contributed by atoms with Crippen LogP contribution >= 0.6 is 0 Å². The van der Waals surface area contributed by atoms with Crippen LogP contribution in [0.5, 0.6) is 5.75 Å². The van der Waals surface area contributed by atoms with Crippen LogP contribution in [0.1, 0.15) is 20.7 Å². The normalized spacial score (nSPS) is 9.89. The molecule has 0 heterocycles. The Hall–Kier alpha value is -3.55. The zero-order valence-electron chi connectivity index (χ0n) is 15.2. The summed E-state index contributed by atoms with van der Waals surface area (Å²) in [4.78, 5) is 35.9. The van der Waals surface area contributed by atoms with Crippen molar-refractivity contribution in [2.45, 2.75) is 0 Å². The zero-order chi connectivity index (χ0) is 19.8. The molecule has 27 heavy (non-hydrogen) atoms. The minimum absolute atomic E-state index is 0.0799. The largest absolute Gasteiger partial charge is 0.495 e. The molecule has 0 unspecified atom stereocenters. The highest BCUT2D eigenvalue weighted by Gasteiger charge is 2.17. The van der Waals surface area contributed by atoms with Crippen LogP contribution in [0.2, 0.25) is 0 Å². The van der Waals surface area contributed by atoms with Crippen molar-refractivity contribution in [2.75, 3.05) is 38.5 Å². The highest BCUT2D eigenvalue weighted by atomic mass is 16.5. The summed E-state index contributed by atoms with van der Waals surface area (Å²) in [5.41, 5.74) is 1.11. The minimum Gasteiger partial charge on any atom is -0.495 e. The molecule has 2 N–H and O–H groups in total. The first kappa shape index (κ1) is 19.8. The van der Waals surface area contributed by atoms with Gasteiger partial charge in [-0.05, 0) is 30.3 Å². The summed E-state index contributed by atoms with van der Waals surface area (Å²) < 4.78 is 14.6. The second-order valence-electron chi connectivity index (χ2n) is 5.35. The molecule has 8 heteroatoms. The predicted octanol–water partition coefficient (Wildman–Crippen LogP) is 2.32. The maximum atomic E-state index is 12.3. The minimum atomic E-state index is -0.639. The summed E-state index contributed by atoms with van der Waals surface area (Å²) in [6.45, 7) is -0.0799. The van der Waals surface area contributed by atoms with E-state index in [0.29, 0.717) is 11.4 Å². The lowest BCUT2D eigenvalue weighted by atomic mass is 10.1. The van der Waals surface area contributed by atoms with Crippen molar-refractivity contribution in [1.29, 1.82) is 0 Å². The van der Waals surface area contributed by atoms with Crippen LogP contribution in [0.15, 0.2) is 42.5 Å². The first-order valence-corrected chi connectivity index (χ1v) is 7.97. The van der Waals surface area contributed by atoms with Crippen LogP contribution in [0.4, 0.5) is 11.4 Å². The molecule has 0 saturated heterocycles. The number of anilines is 2. The van der Waals surface area contributed by atoms with Crippen molar-refractivity contribution >= 4 is 29.2 Å². The van der Waals surface area contributed by atoms with Crippen LogP contribution in [-0.4, -0.2) is 45.7 Å². The molecule has 0 aliphatic heterocycles. The summed E-state index contributed by atoms with van der Waals surface area (Å²) in [6.07, 6.45) is 0. The topological polar surface area (TPSA) is 103 Å². The Morgan fingerprint density at radius 1 is 0.889 bits per heavy atom. The number of esters is 2. The van der Waals surface area contributed by atoms with E-state index in [-0.39, 0.29) is 23.4 Å². The van der Waals surface area contributed by atoms with Gasteiger partial charge in [0.25, 0.3) is 0 Å². The molecule has 0 spiro atoms. The predicted molar refractivity (Wildman–Crippen MR) is 99.2 cm³/mol. The molecule has 0 saturated carbocycles. The first-order chi connectivity index (χ1) is 13.0. The highest BCUT2D eigenvalue weighted by Crippen LogP contribution is 2.23. The van der Waals surface area contributed by atoms with Crippen molar-refractivity contribution < 1.29 is 28.6 Å². The van der Waals surface area contributed by atoms with Gasteiger partial charge < -0.3 is 24.8 Å². The van der Waals surface area contributed by atoms with Gasteiger partial charge >= 0.3 is 11.9 Å². The SMILES string of the molecule is COC(=O)c1ccc(C(=O)OC)c(NC(=O)CNc2ccccc2OC)c1. The lowest BCUT2D eigenvalue weighted by Crippen LogP contribution is -2.23. The van der Waals surface area contributed by atoms with Gasteiger partial charge in [0, 0.05) is 0 Å². The third-order valence-electron chi connectivity index (χ3n) is 3.67. The van der Waals surface area contributed by atoms with Gasteiger partial charge in [-0.3, -0.25) is 4.79 Å². The molecule has 1 amide bonds. The molecular formula is C19H20N2O6. The van der Waals surface area contributed by atoms with E-state index in [1.807, 2.05) is 6.07 Å². The Morgan fingerprint density at radius 2 is 1.59 bits per heavy atom. The van der Waals surface area contributed by atoms with E-state index < -0.39 is 17.8 Å². The number of hydrogen-bond donors (Lipinski definition) is 2. The number of para-hydroxylation sites is 2. The number of nitrogens with one attached hydrogen (secondary N) is 2. The van der Waals surface area contributed by atoms with E-state index in [1.54, 1.807) is 18.2 Å². The van der Waals surface area contributed by atoms with Gasteiger partial charge in [-0.1, -0.05) is 12.1 Å². The fraction of sp³-hybridized carbons (Fsp3) is 0.211. The fourth-order valence-corrected chi connectivity index (χ4v) is 2.34. The number of benzene rings is 2. The molecule has 0 aliphatic carbocycles. The van der Waals surface area contributed by atoms with E-state index in [1.165, 1.54) is 39.5 Å². The number of carbonyl (C=O) groups is 3. The Bertz CT molecular complexity index is 850. The molecule has 142 valence electrons. The molecule has 2 rings (SSSR count). The van der Waals surface area contributed by atoms with Gasteiger partial charge in [-0.2, -0.15) is 0 Å². The van der Waals surface area contributed by atoms with E-state index >= 15 is 0 Å². The van der Waals surface area contributed by atoms with Gasteiger partial charge in [0.05, 0.1) is 50.4 Å². The van der Waals surface area contributed by atoms with Crippen LogP contribution in [0, 0.1) is 0 Å². The second-order valence-corrected chi connectivity index (χ2v) is 5.35. The standard InChI is InChI=1S/C19H20N2O6/c1-25-16-7-5-4-6-14(16)20-11-17(22)21-15-10-12(18(23)26-2)8-9-13(15)19(24)27-3/h4-10,20H,11H2,1-3H3,(H,21,22). The Morgan fingerprint density at radius 3 is 2.26 bits per heavy atom. The maximum Gasteiger partial charge on any atom is 0.339 e. The molecule has 0 atom stereocenters. The first-order valence-electron chi connectivity index (χ1n) is 7.97. The summed E-state index contributed by atoms with van der Waals surface area (Å²) in [6, 6.07) is 11.3. The average Bonchev–Trinajstić information content (AvgIpc) is 2.71. The van der Waals surface area contributed by atoms with Gasteiger partial charge in [-0.25, -0.2) is 9.59 Å². The molecule has 8 nitrogen and oxygen atoms in total. The molecule has 0 aromatic heterocycles. The maximum absolute atomic E-state index is 12.3. The number of methoxy groups -OCH3 is 3. The summed E-state index contributed by atoms with van der Waals surface area (Å²) >= 11 is 0. The van der Waals surface area contributed by atoms with E-state index in [9.17, 15) is 14.4 Å². The zero-order valence-corrected chi connectivity index (χ0v) is 15.2. The molecule has 0 fully saturated rings. The highest BCUT2D eigenvalue weighted by molar-refractivity contribution is 6.04. The summed E-state index contributed by atoms with van der Waals surface area (Å²) in [7, 11) is 4.00. The second kappa shape index (κ2) is 9.23. The summed E-state index contributed by atoms with van der Waals surface area (Å²) in [5, 5.41) is 5.55. The van der Waals surface area contributed by atoms with Crippen molar-refractivity contribution in [3.63, 3.8) is 0 Å². The molecule has 2 aromatic carbocycles. The number of amides is 1. The van der Waals surface area contributed by atoms with Crippen LogP contribution in [0.3, 0.4) is 0 Å². The van der Waals surface area contributed by atoms with E-state index in [2.05, 4.69) is 15.4 Å². The van der Waals surface area contributed by atoms with Crippen molar-refractivity contribution in [1.82, 2.24) is 0 Å².